The van der Waals surface area contributed by atoms with E-state index in [0.29, 0.717) is 0 Å². The number of furan rings is 1. The van der Waals surface area contributed by atoms with Crippen LogP contribution in [0.3, 0.4) is 0 Å². The van der Waals surface area contributed by atoms with Crippen molar-refractivity contribution in [2.75, 3.05) is 26.2 Å². The number of guanidine groups is 1. The molecule has 5 nitrogen and oxygen atoms in total. The third-order valence-corrected chi connectivity index (χ3v) is 6.55. The maximum Gasteiger partial charge on any atom is 0.191 e. The monoisotopic (exact) mass is 531 g/mol. The van der Waals surface area contributed by atoms with Crippen LogP contribution < -0.4 is 10.6 Å². The maximum absolute atomic E-state index is 9.55. The van der Waals surface area contributed by atoms with Crippen molar-refractivity contribution in [3.8, 4) is 0 Å². The summed E-state index contributed by atoms with van der Waals surface area (Å²) in [6.07, 6.45) is 10.6. The van der Waals surface area contributed by atoms with E-state index in [1.54, 1.807) is 17.6 Å². The molecule has 0 aliphatic heterocycles. The number of hydrogen-bond acceptors (Lipinski definition) is 4. The maximum atomic E-state index is 9.55. The second-order valence-corrected chi connectivity index (χ2v) is 8.74. The average Bonchev–Trinajstić information content (AvgIpc) is 3.41. The fourth-order valence-corrected chi connectivity index (χ4v) is 4.67. The molecule has 1 aliphatic rings. The summed E-state index contributed by atoms with van der Waals surface area (Å²) in [6.45, 7) is 2.68. The van der Waals surface area contributed by atoms with Gasteiger partial charge in [0, 0.05) is 37.5 Å². The van der Waals surface area contributed by atoms with Gasteiger partial charge in [0.25, 0.3) is 0 Å². The largest absolute Gasteiger partial charge is 0.469 e. The van der Waals surface area contributed by atoms with Crippen LogP contribution in [0.5, 0.6) is 0 Å². The Bertz CT molecular complexity index is 635. The molecule has 0 atom stereocenters. The molecule has 1 fully saturated rings. The van der Waals surface area contributed by atoms with Crippen molar-refractivity contribution < 1.29 is 9.52 Å². The van der Waals surface area contributed by atoms with Crippen LogP contribution in [-0.2, 0) is 12.8 Å². The highest BCUT2D eigenvalue weighted by Crippen LogP contribution is 2.39. The lowest BCUT2D eigenvalue weighted by Crippen LogP contribution is -2.40. The average molecular weight is 532 g/mol. The van der Waals surface area contributed by atoms with Crippen molar-refractivity contribution in [1.82, 2.24) is 10.6 Å². The van der Waals surface area contributed by atoms with E-state index < -0.39 is 0 Å². The summed E-state index contributed by atoms with van der Waals surface area (Å²) < 4.78 is 5.42. The number of thiophene rings is 1. The second kappa shape index (κ2) is 13.3. The van der Waals surface area contributed by atoms with Crippen LogP contribution in [0, 0.1) is 5.41 Å². The van der Waals surface area contributed by atoms with Crippen LogP contribution in [-0.4, -0.2) is 37.3 Å². The van der Waals surface area contributed by atoms with Gasteiger partial charge in [0.2, 0.25) is 0 Å². The van der Waals surface area contributed by atoms with Gasteiger partial charge < -0.3 is 20.2 Å². The quantitative estimate of drug-likeness (QED) is 0.238. The lowest BCUT2D eigenvalue weighted by atomic mass is 9.72. The summed E-state index contributed by atoms with van der Waals surface area (Å²) in [5.74, 6) is 1.85. The van der Waals surface area contributed by atoms with Crippen molar-refractivity contribution in [2.24, 2.45) is 10.4 Å². The summed E-state index contributed by atoms with van der Waals surface area (Å²) in [7, 11) is 0. The zero-order chi connectivity index (χ0) is 19.5. The molecule has 29 heavy (non-hydrogen) atoms. The summed E-state index contributed by atoms with van der Waals surface area (Å²) in [6, 6.07) is 8.19. The van der Waals surface area contributed by atoms with Gasteiger partial charge >= 0.3 is 0 Å². The molecular formula is C22H34IN3O2S. The van der Waals surface area contributed by atoms with E-state index >= 15 is 0 Å². The Balaban J connectivity index is 0.00000300. The fourth-order valence-electron chi connectivity index (χ4n) is 3.97. The molecular weight excluding hydrogens is 497 g/mol. The molecule has 1 saturated carbocycles. The molecule has 0 amide bonds. The first-order chi connectivity index (χ1) is 13.8. The van der Waals surface area contributed by atoms with Gasteiger partial charge in [0.05, 0.1) is 6.26 Å². The molecule has 0 spiro atoms. The molecule has 3 N–H and O–H groups in total. The number of nitrogens with zero attached hydrogens (tertiary/aromatic N) is 1. The Morgan fingerprint density at radius 3 is 2.55 bits per heavy atom. The highest BCUT2D eigenvalue weighted by Gasteiger charge is 2.31. The summed E-state index contributed by atoms with van der Waals surface area (Å²) in [4.78, 5) is 6.31. The van der Waals surface area contributed by atoms with Crippen LogP contribution in [0.2, 0.25) is 0 Å². The molecule has 2 heterocycles. The van der Waals surface area contributed by atoms with Gasteiger partial charge in [-0.3, -0.25) is 4.99 Å². The van der Waals surface area contributed by atoms with E-state index in [4.69, 9.17) is 9.41 Å². The van der Waals surface area contributed by atoms with Crippen molar-refractivity contribution in [2.45, 2.75) is 51.4 Å². The molecule has 1 aliphatic carbocycles. The van der Waals surface area contributed by atoms with Crippen LogP contribution in [0.4, 0.5) is 0 Å². The minimum atomic E-state index is 0. The van der Waals surface area contributed by atoms with Crippen LogP contribution in [0.15, 0.2) is 45.3 Å². The van der Waals surface area contributed by atoms with Crippen LogP contribution in [0.1, 0.15) is 49.2 Å². The molecule has 2 aromatic rings. The van der Waals surface area contributed by atoms with Crippen LogP contribution >= 0.6 is 35.3 Å². The normalized spacial score (nSPS) is 16.2. The first-order valence-corrected chi connectivity index (χ1v) is 11.4. The Labute approximate surface area is 195 Å². The number of aliphatic hydroxyl groups excluding tert-OH is 1. The highest BCUT2D eigenvalue weighted by atomic mass is 127. The van der Waals surface area contributed by atoms with E-state index in [2.05, 4.69) is 28.1 Å². The predicted molar refractivity (Wildman–Crippen MR) is 131 cm³/mol. The number of halogens is 1. The molecule has 0 unspecified atom stereocenters. The molecule has 7 heteroatoms. The van der Waals surface area contributed by atoms with E-state index in [9.17, 15) is 5.11 Å². The first kappa shape index (κ1) is 24.2. The SMILES string of the molecule is I.OCCC1(CN=C(NCCc2ccco2)NCCc2cccs2)CCCCC1. The van der Waals surface area contributed by atoms with Gasteiger partial charge in [0.1, 0.15) is 5.76 Å². The van der Waals surface area contributed by atoms with Crippen molar-refractivity contribution >= 4 is 41.3 Å². The molecule has 0 aromatic carbocycles. The zero-order valence-corrected chi connectivity index (χ0v) is 20.2. The molecule has 0 radical (unpaired) electrons. The summed E-state index contributed by atoms with van der Waals surface area (Å²) in [5.41, 5.74) is 0.163. The Morgan fingerprint density at radius 2 is 1.90 bits per heavy atom. The van der Waals surface area contributed by atoms with E-state index in [1.807, 2.05) is 12.1 Å². The number of aliphatic hydroxyl groups is 1. The highest BCUT2D eigenvalue weighted by molar-refractivity contribution is 14.0. The minimum Gasteiger partial charge on any atom is -0.469 e. The van der Waals surface area contributed by atoms with Gasteiger partial charge in [0.15, 0.2) is 5.96 Å². The smallest absolute Gasteiger partial charge is 0.191 e. The van der Waals surface area contributed by atoms with Gasteiger partial charge in [-0.05, 0) is 54.7 Å². The van der Waals surface area contributed by atoms with E-state index in [-0.39, 0.29) is 36.0 Å². The summed E-state index contributed by atoms with van der Waals surface area (Å²) >= 11 is 1.79. The molecule has 162 valence electrons. The number of aliphatic imine (C=N–C) groups is 1. The third kappa shape index (κ3) is 8.30. The predicted octanol–water partition coefficient (Wildman–Crippen LogP) is 4.61. The third-order valence-electron chi connectivity index (χ3n) is 5.62. The van der Waals surface area contributed by atoms with E-state index in [0.717, 1.165) is 50.6 Å². The standard InChI is InChI=1S/C22H33N3O2S.HI/c26-15-12-22(10-2-1-3-11-22)18-25-21(23-13-8-19-6-4-16-27-19)24-14-9-20-7-5-17-28-20;/h4-7,16-17,26H,1-3,8-15,18H2,(H2,23,24,25);1H. The number of nitrogens with one attached hydrogen (secondary N) is 2. The zero-order valence-electron chi connectivity index (χ0n) is 17.1. The van der Waals surface area contributed by atoms with Crippen molar-refractivity contribution in [3.63, 3.8) is 0 Å². The fraction of sp³-hybridized carbons (Fsp3) is 0.591. The van der Waals surface area contributed by atoms with Crippen LogP contribution in [0.25, 0.3) is 0 Å². The Morgan fingerprint density at radius 1 is 1.10 bits per heavy atom. The molecule has 2 aromatic heterocycles. The second-order valence-electron chi connectivity index (χ2n) is 7.71. The summed E-state index contributed by atoms with van der Waals surface area (Å²) in [5, 5.41) is 18.6. The van der Waals surface area contributed by atoms with E-state index in [1.165, 1.54) is 37.0 Å². The number of hydrogen-bond donors (Lipinski definition) is 3. The van der Waals surface area contributed by atoms with Gasteiger partial charge in [-0.25, -0.2) is 0 Å². The topological polar surface area (TPSA) is 69.8 Å². The molecule has 0 saturated heterocycles. The minimum absolute atomic E-state index is 0. The molecule has 0 bridgehead atoms. The lowest BCUT2D eigenvalue weighted by Gasteiger charge is -2.35. The number of rotatable bonds is 10. The van der Waals surface area contributed by atoms with Gasteiger partial charge in [-0.1, -0.05) is 25.3 Å². The first-order valence-electron chi connectivity index (χ1n) is 10.5. The van der Waals surface area contributed by atoms with Crippen molar-refractivity contribution in [1.29, 1.82) is 0 Å². The Kier molecular flexibility index (Phi) is 11.1. The van der Waals surface area contributed by atoms with Gasteiger partial charge in [-0.15, -0.1) is 35.3 Å². The van der Waals surface area contributed by atoms with Crippen molar-refractivity contribution in [3.05, 3.63) is 46.5 Å². The lowest BCUT2D eigenvalue weighted by molar-refractivity contribution is 0.137. The molecule has 3 rings (SSSR count). The Hall–Kier alpha value is -1.06. The van der Waals surface area contributed by atoms with Gasteiger partial charge in [-0.2, -0.15) is 0 Å².